The highest BCUT2D eigenvalue weighted by Gasteiger charge is 2.17. The summed E-state index contributed by atoms with van der Waals surface area (Å²) in [4.78, 5) is 3.97. The van der Waals surface area contributed by atoms with Gasteiger partial charge in [0.2, 0.25) is 0 Å². The van der Waals surface area contributed by atoms with Gasteiger partial charge in [0.05, 0.1) is 6.54 Å². The molecule has 80 valence electrons. The van der Waals surface area contributed by atoms with Gasteiger partial charge in [0.15, 0.2) is 5.82 Å². The van der Waals surface area contributed by atoms with E-state index in [0.717, 1.165) is 37.0 Å². The van der Waals surface area contributed by atoms with Crippen LogP contribution in [0.25, 0.3) is 5.70 Å². The van der Waals surface area contributed by atoms with Gasteiger partial charge in [-0.2, -0.15) is 0 Å². The van der Waals surface area contributed by atoms with Crippen molar-refractivity contribution < 1.29 is 0 Å². The molecule has 1 aromatic heterocycles. The van der Waals surface area contributed by atoms with E-state index < -0.39 is 0 Å². The van der Waals surface area contributed by atoms with E-state index in [9.17, 15) is 0 Å². The summed E-state index contributed by atoms with van der Waals surface area (Å²) in [6.07, 6.45) is 1.99. The average molecular weight is 223 g/mol. The zero-order valence-corrected chi connectivity index (χ0v) is 9.42. The molecular weight excluding hydrogens is 210 g/mol. The van der Waals surface area contributed by atoms with Crippen molar-refractivity contribution >= 4 is 24.2 Å². The maximum atomic E-state index is 4.15. The van der Waals surface area contributed by atoms with Crippen LogP contribution in [0.4, 0.5) is 0 Å². The number of nitrogens with zero attached hydrogens (tertiary/aromatic N) is 4. The Morgan fingerprint density at radius 1 is 1.67 bits per heavy atom. The predicted octanol–water partition coefficient (Wildman–Crippen LogP) is 0.743. The molecule has 0 unspecified atom stereocenters. The summed E-state index contributed by atoms with van der Waals surface area (Å²) in [6, 6.07) is 0. The quantitative estimate of drug-likeness (QED) is 0.768. The zero-order chi connectivity index (χ0) is 10.7. The number of fused-ring (bicyclic) bond motifs is 1. The smallest absolute Gasteiger partial charge is 0.183 e. The Kier molecular flexibility index (Phi) is 3.17. The molecule has 0 amide bonds. The Balaban J connectivity index is 2.39. The molecule has 1 aromatic rings. The molecule has 5 nitrogen and oxygen atoms in total. The first kappa shape index (κ1) is 10.4. The maximum absolute atomic E-state index is 4.15. The Labute approximate surface area is 92.7 Å². The zero-order valence-electron chi connectivity index (χ0n) is 8.60. The molecule has 2 rings (SSSR count). The summed E-state index contributed by atoms with van der Waals surface area (Å²) in [5.74, 6) is 1.78. The highest BCUT2D eigenvalue weighted by molar-refractivity contribution is 8.01. The van der Waals surface area contributed by atoms with Gasteiger partial charge >= 0.3 is 0 Å². The second-order valence-electron chi connectivity index (χ2n) is 3.17. The fourth-order valence-electron chi connectivity index (χ4n) is 1.55. The standard InChI is InChI=1S/C9H13N5S/c1-10-7(6-15-2)9-13-12-8-5-11-3-4-14(8)9/h6,11H,1,3-5H2,2H3/b7-6-. The van der Waals surface area contributed by atoms with Crippen LogP contribution in [-0.2, 0) is 13.1 Å². The Bertz CT molecular complexity index is 395. The molecule has 0 aromatic carbocycles. The van der Waals surface area contributed by atoms with Crippen LogP contribution in [0.2, 0.25) is 0 Å². The molecule has 0 fully saturated rings. The molecule has 0 bridgehead atoms. The largest absolute Gasteiger partial charge is 0.308 e. The summed E-state index contributed by atoms with van der Waals surface area (Å²) in [5, 5.41) is 13.5. The SMILES string of the molecule is C=N/C(=C\SC)c1nnc2n1CCNC2. The number of aliphatic imine (C=N–C) groups is 1. The van der Waals surface area contributed by atoms with Crippen LogP contribution < -0.4 is 5.32 Å². The number of thioether (sulfide) groups is 1. The van der Waals surface area contributed by atoms with Gasteiger partial charge in [-0.05, 0) is 13.0 Å². The molecule has 0 saturated heterocycles. The molecule has 1 N–H and O–H groups in total. The molecule has 1 aliphatic heterocycles. The van der Waals surface area contributed by atoms with Crippen LogP contribution in [0.5, 0.6) is 0 Å². The lowest BCUT2D eigenvalue weighted by molar-refractivity contribution is 0.502. The lowest BCUT2D eigenvalue weighted by Crippen LogP contribution is -2.28. The normalized spacial score (nSPS) is 16.2. The van der Waals surface area contributed by atoms with Gasteiger partial charge < -0.3 is 9.88 Å². The van der Waals surface area contributed by atoms with Gasteiger partial charge in [-0.15, -0.1) is 22.0 Å². The number of nitrogens with one attached hydrogen (secondary N) is 1. The fourth-order valence-corrected chi connectivity index (χ4v) is 1.96. The summed E-state index contributed by atoms with van der Waals surface area (Å²) < 4.78 is 2.09. The average Bonchev–Trinajstić information content (AvgIpc) is 2.70. The van der Waals surface area contributed by atoms with Gasteiger partial charge in [-0.1, -0.05) is 0 Å². The number of hydrogen-bond donors (Lipinski definition) is 1. The fraction of sp³-hybridized carbons (Fsp3) is 0.444. The second kappa shape index (κ2) is 4.59. The number of rotatable bonds is 3. The minimum Gasteiger partial charge on any atom is -0.308 e. The van der Waals surface area contributed by atoms with E-state index in [-0.39, 0.29) is 0 Å². The van der Waals surface area contributed by atoms with Crippen molar-refractivity contribution in [1.82, 2.24) is 20.1 Å². The number of hydrogen-bond acceptors (Lipinski definition) is 5. The van der Waals surface area contributed by atoms with Crippen molar-refractivity contribution in [2.45, 2.75) is 13.1 Å². The Morgan fingerprint density at radius 3 is 3.27 bits per heavy atom. The maximum Gasteiger partial charge on any atom is 0.183 e. The van der Waals surface area contributed by atoms with E-state index >= 15 is 0 Å². The van der Waals surface area contributed by atoms with Crippen LogP contribution in [0.3, 0.4) is 0 Å². The molecule has 0 atom stereocenters. The van der Waals surface area contributed by atoms with Crippen molar-refractivity contribution in [3.8, 4) is 0 Å². The second-order valence-corrected chi connectivity index (χ2v) is 3.87. The molecule has 2 heterocycles. The van der Waals surface area contributed by atoms with Gasteiger partial charge in [-0.3, -0.25) is 4.99 Å². The monoisotopic (exact) mass is 223 g/mol. The third-order valence-electron chi connectivity index (χ3n) is 2.25. The number of aromatic nitrogens is 3. The summed E-state index contributed by atoms with van der Waals surface area (Å²) in [6.45, 7) is 6.16. The van der Waals surface area contributed by atoms with Crippen molar-refractivity contribution in [1.29, 1.82) is 0 Å². The van der Waals surface area contributed by atoms with E-state index in [1.54, 1.807) is 11.8 Å². The third kappa shape index (κ3) is 1.95. The Hall–Kier alpha value is -1.14. The van der Waals surface area contributed by atoms with E-state index in [2.05, 4.69) is 31.8 Å². The first-order valence-corrected chi connectivity index (χ1v) is 5.98. The van der Waals surface area contributed by atoms with Gasteiger partial charge in [-0.25, -0.2) is 0 Å². The summed E-state index contributed by atoms with van der Waals surface area (Å²) in [7, 11) is 0. The van der Waals surface area contributed by atoms with Gasteiger partial charge in [0.1, 0.15) is 11.5 Å². The first-order chi connectivity index (χ1) is 7.36. The molecule has 0 aliphatic carbocycles. The minimum atomic E-state index is 0.774. The molecule has 1 aliphatic rings. The first-order valence-electron chi connectivity index (χ1n) is 4.69. The highest BCUT2D eigenvalue weighted by Crippen LogP contribution is 2.18. The molecule has 15 heavy (non-hydrogen) atoms. The predicted molar refractivity (Wildman–Crippen MR) is 62.8 cm³/mol. The van der Waals surface area contributed by atoms with Crippen molar-refractivity contribution in [3.05, 3.63) is 17.1 Å². The lowest BCUT2D eigenvalue weighted by Gasteiger charge is -2.15. The topological polar surface area (TPSA) is 55.1 Å². The van der Waals surface area contributed by atoms with Crippen LogP contribution in [-0.4, -0.2) is 34.3 Å². The van der Waals surface area contributed by atoms with Crippen LogP contribution in [0, 0.1) is 0 Å². The molecule has 0 saturated carbocycles. The van der Waals surface area contributed by atoms with E-state index in [1.165, 1.54) is 0 Å². The van der Waals surface area contributed by atoms with Crippen molar-refractivity contribution in [2.75, 3.05) is 12.8 Å². The molecule has 6 heteroatoms. The highest BCUT2D eigenvalue weighted by atomic mass is 32.2. The molecule has 0 radical (unpaired) electrons. The summed E-state index contributed by atoms with van der Waals surface area (Å²) in [5.41, 5.74) is 0.795. The van der Waals surface area contributed by atoms with E-state index in [1.807, 2.05) is 11.7 Å². The molecular formula is C9H13N5S. The van der Waals surface area contributed by atoms with Crippen LogP contribution in [0.15, 0.2) is 10.4 Å². The third-order valence-corrected chi connectivity index (χ3v) is 2.71. The minimum absolute atomic E-state index is 0.774. The summed E-state index contributed by atoms with van der Waals surface area (Å²) >= 11 is 1.59. The van der Waals surface area contributed by atoms with Crippen molar-refractivity contribution in [3.63, 3.8) is 0 Å². The van der Waals surface area contributed by atoms with Gasteiger partial charge in [0, 0.05) is 18.5 Å². The van der Waals surface area contributed by atoms with Crippen molar-refractivity contribution in [2.24, 2.45) is 4.99 Å². The van der Waals surface area contributed by atoms with Crippen LogP contribution >= 0.6 is 11.8 Å². The van der Waals surface area contributed by atoms with Crippen LogP contribution in [0.1, 0.15) is 11.6 Å². The Morgan fingerprint density at radius 2 is 2.53 bits per heavy atom. The van der Waals surface area contributed by atoms with E-state index in [4.69, 9.17) is 0 Å². The lowest BCUT2D eigenvalue weighted by atomic mass is 10.4. The molecule has 0 spiro atoms. The van der Waals surface area contributed by atoms with Gasteiger partial charge in [0.25, 0.3) is 0 Å². The van der Waals surface area contributed by atoms with E-state index in [0.29, 0.717) is 0 Å².